The highest BCUT2D eigenvalue weighted by Crippen LogP contribution is 2.19. The van der Waals surface area contributed by atoms with Crippen molar-refractivity contribution in [3.8, 4) is 0 Å². The van der Waals surface area contributed by atoms with Crippen LogP contribution in [0.2, 0.25) is 0 Å². The van der Waals surface area contributed by atoms with Gasteiger partial charge >= 0.3 is 17.9 Å². The van der Waals surface area contributed by atoms with Crippen molar-refractivity contribution in [3.05, 3.63) is 48.6 Å². The van der Waals surface area contributed by atoms with E-state index < -0.39 is 6.10 Å². The van der Waals surface area contributed by atoms with Crippen LogP contribution in [0.4, 0.5) is 0 Å². The van der Waals surface area contributed by atoms with Gasteiger partial charge in [-0.05, 0) is 57.8 Å². The molecule has 0 rings (SSSR count). The molecule has 0 aliphatic heterocycles. The summed E-state index contributed by atoms with van der Waals surface area (Å²) in [7, 11) is 0. The molecule has 0 aromatic carbocycles. The lowest BCUT2D eigenvalue weighted by Crippen LogP contribution is -2.30. The third-order valence-corrected chi connectivity index (χ3v) is 16.6. The SMILES string of the molecule is CC/C=C\C/C=C\C/C=C\C/C=C\CCCCCCCCCCCCCCCCCCCCC(=O)OCC(COC(=O)CCCCCCCC)OC(=O)CCCCCCCCCCCCCCCCCCCCCCCCCCCCC. The predicted octanol–water partition coefficient (Wildman–Crippen LogP) is 25.3. The summed E-state index contributed by atoms with van der Waals surface area (Å²) in [6.45, 7) is 6.54. The minimum Gasteiger partial charge on any atom is -0.462 e. The van der Waals surface area contributed by atoms with Gasteiger partial charge in [-0.25, -0.2) is 0 Å². The first-order valence-corrected chi connectivity index (χ1v) is 36.6. The second-order valence-corrected chi connectivity index (χ2v) is 24.8. The van der Waals surface area contributed by atoms with Gasteiger partial charge in [0, 0.05) is 19.3 Å². The van der Waals surface area contributed by atoms with Gasteiger partial charge < -0.3 is 14.2 Å². The van der Waals surface area contributed by atoms with E-state index in [0.29, 0.717) is 19.3 Å². The normalized spacial score (nSPS) is 12.3. The largest absolute Gasteiger partial charge is 0.462 e. The van der Waals surface area contributed by atoms with E-state index in [1.165, 1.54) is 276 Å². The highest BCUT2D eigenvalue weighted by atomic mass is 16.6. The molecule has 0 N–H and O–H groups in total. The quantitative estimate of drug-likeness (QED) is 0.0261. The van der Waals surface area contributed by atoms with Crippen molar-refractivity contribution in [2.24, 2.45) is 0 Å². The number of ether oxygens (including phenoxy) is 3. The molecule has 1 unspecified atom stereocenters. The number of hydrogen-bond acceptors (Lipinski definition) is 6. The molecule has 0 aromatic heterocycles. The molecule has 1 atom stereocenters. The Kier molecular flexibility index (Phi) is 68.6. The maximum Gasteiger partial charge on any atom is 0.306 e. The zero-order chi connectivity index (χ0) is 59.2. The van der Waals surface area contributed by atoms with Gasteiger partial charge in [0.15, 0.2) is 6.10 Å². The molecule has 0 saturated heterocycles. The fourth-order valence-corrected chi connectivity index (χ4v) is 11.1. The van der Waals surface area contributed by atoms with Gasteiger partial charge in [0.25, 0.3) is 0 Å². The molecule has 0 heterocycles. The monoisotopic (exact) mass is 1150 g/mol. The highest BCUT2D eigenvalue weighted by molar-refractivity contribution is 5.71. The van der Waals surface area contributed by atoms with E-state index in [4.69, 9.17) is 14.2 Å². The Hall–Kier alpha value is -2.63. The molecule has 0 spiro atoms. The topological polar surface area (TPSA) is 78.9 Å². The van der Waals surface area contributed by atoms with E-state index >= 15 is 0 Å². The maximum absolute atomic E-state index is 12.9. The Bertz CT molecular complexity index is 1410. The van der Waals surface area contributed by atoms with Crippen molar-refractivity contribution in [2.75, 3.05) is 13.2 Å². The van der Waals surface area contributed by atoms with Crippen LogP contribution < -0.4 is 0 Å². The van der Waals surface area contributed by atoms with Crippen molar-refractivity contribution in [1.29, 1.82) is 0 Å². The molecule has 0 saturated carbocycles. The molecule has 6 nitrogen and oxygen atoms in total. The average molecular weight is 1150 g/mol. The van der Waals surface area contributed by atoms with Crippen molar-refractivity contribution >= 4 is 17.9 Å². The van der Waals surface area contributed by atoms with Gasteiger partial charge in [0.1, 0.15) is 13.2 Å². The Morgan fingerprint density at radius 1 is 0.256 bits per heavy atom. The van der Waals surface area contributed by atoms with Gasteiger partial charge in [-0.15, -0.1) is 0 Å². The highest BCUT2D eigenvalue weighted by Gasteiger charge is 2.19. The van der Waals surface area contributed by atoms with Crippen molar-refractivity contribution < 1.29 is 28.6 Å². The summed E-state index contributed by atoms with van der Waals surface area (Å²) in [6, 6.07) is 0. The fraction of sp³-hybridized carbons (Fsp3) is 0.855. The first-order chi connectivity index (χ1) is 40.5. The van der Waals surface area contributed by atoms with Crippen LogP contribution in [0.1, 0.15) is 400 Å². The Labute approximate surface area is 511 Å². The van der Waals surface area contributed by atoms with Gasteiger partial charge in [-0.1, -0.05) is 371 Å². The van der Waals surface area contributed by atoms with Gasteiger partial charge in [-0.2, -0.15) is 0 Å². The van der Waals surface area contributed by atoms with E-state index in [-0.39, 0.29) is 31.1 Å². The second kappa shape index (κ2) is 70.9. The van der Waals surface area contributed by atoms with Crippen molar-refractivity contribution in [1.82, 2.24) is 0 Å². The Balaban J connectivity index is 3.94. The van der Waals surface area contributed by atoms with E-state index in [9.17, 15) is 14.4 Å². The third kappa shape index (κ3) is 68.2. The van der Waals surface area contributed by atoms with Crippen LogP contribution in [0, 0.1) is 0 Å². The molecule has 0 radical (unpaired) electrons. The minimum absolute atomic E-state index is 0.0664. The van der Waals surface area contributed by atoms with Crippen LogP contribution in [0.25, 0.3) is 0 Å². The number of carbonyl (C=O) groups is 3. The predicted molar refractivity (Wildman–Crippen MR) is 358 cm³/mol. The number of carbonyl (C=O) groups excluding carboxylic acids is 3. The molecule has 0 aliphatic rings. The van der Waals surface area contributed by atoms with Crippen LogP contribution in [0.5, 0.6) is 0 Å². The van der Waals surface area contributed by atoms with Crippen LogP contribution in [0.15, 0.2) is 48.6 Å². The van der Waals surface area contributed by atoms with Crippen molar-refractivity contribution in [2.45, 2.75) is 406 Å². The molecule has 480 valence electrons. The molecule has 0 bridgehead atoms. The summed E-state index contributed by atoms with van der Waals surface area (Å²) >= 11 is 0. The number of hydrogen-bond donors (Lipinski definition) is 0. The van der Waals surface area contributed by atoms with E-state index in [1.54, 1.807) is 0 Å². The first kappa shape index (κ1) is 79.4. The summed E-state index contributed by atoms with van der Waals surface area (Å²) in [5.74, 6) is -0.848. The second-order valence-electron chi connectivity index (χ2n) is 24.8. The minimum atomic E-state index is -0.766. The maximum atomic E-state index is 12.9. The summed E-state index contributed by atoms with van der Waals surface area (Å²) in [5, 5.41) is 0. The lowest BCUT2D eigenvalue weighted by atomic mass is 10.0. The van der Waals surface area contributed by atoms with Crippen LogP contribution in [0.3, 0.4) is 0 Å². The number of esters is 3. The number of unbranched alkanes of at least 4 members (excludes halogenated alkanes) is 49. The fourth-order valence-electron chi connectivity index (χ4n) is 11.1. The lowest BCUT2D eigenvalue weighted by Gasteiger charge is -2.18. The van der Waals surface area contributed by atoms with Crippen LogP contribution >= 0.6 is 0 Å². The molecule has 6 heteroatoms. The van der Waals surface area contributed by atoms with Crippen LogP contribution in [-0.4, -0.2) is 37.2 Å². The standard InChI is InChI=1S/C76H140O6/c1-4-7-10-13-16-18-20-22-24-26-28-30-32-34-36-37-38-39-41-42-44-46-48-50-52-54-56-58-60-63-66-69-75(78)81-72-73(71-80-74(77)68-65-62-15-12-9-6-3)82-76(79)70-67-64-61-59-57-55-53-51-49-47-45-43-40-35-33-31-29-27-25-23-21-19-17-14-11-8-5-2/h7,10,16,18,22,24,28,30,73H,4-6,8-9,11-15,17,19-21,23,25-27,29,31-72H2,1-3H3/b10-7-,18-16-,24-22-,30-28-. The molecular weight excluding hydrogens is 1010 g/mol. The van der Waals surface area contributed by atoms with Crippen LogP contribution in [-0.2, 0) is 28.6 Å². The summed E-state index contributed by atoms with van der Waals surface area (Å²) < 4.78 is 16.9. The zero-order valence-electron chi connectivity index (χ0n) is 55.3. The van der Waals surface area contributed by atoms with E-state index in [2.05, 4.69) is 69.4 Å². The first-order valence-electron chi connectivity index (χ1n) is 36.6. The number of rotatable bonds is 68. The van der Waals surface area contributed by atoms with E-state index in [1.807, 2.05) is 0 Å². The van der Waals surface area contributed by atoms with Gasteiger partial charge in [-0.3, -0.25) is 14.4 Å². The molecular formula is C76H140O6. The molecule has 0 aromatic rings. The Morgan fingerprint density at radius 2 is 0.476 bits per heavy atom. The zero-order valence-corrected chi connectivity index (χ0v) is 55.3. The van der Waals surface area contributed by atoms with Crippen molar-refractivity contribution in [3.63, 3.8) is 0 Å². The smallest absolute Gasteiger partial charge is 0.306 e. The molecule has 0 amide bonds. The van der Waals surface area contributed by atoms with Gasteiger partial charge in [0.2, 0.25) is 0 Å². The Morgan fingerprint density at radius 3 is 0.744 bits per heavy atom. The molecule has 0 fully saturated rings. The number of allylic oxidation sites excluding steroid dienone is 8. The lowest BCUT2D eigenvalue weighted by molar-refractivity contribution is -0.167. The summed E-state index contributed by atoms with van der Waals surface area (Å²) in [6.07, 6.45) is 90.6. The van der Waals surface area contributed by atoms with E-state index in [0.717, 1.165) is 83.5 Å². The van der Waals surface area contributed by atoms with Gasteiger partial charge in [0.05, 0.1) is 0 Å². The molecule has 0 aliphatic carbocycles. The summed E-state index contributed by atoms with van der Waals surface area (Å²) in [5.41, 5.74) is 0. The summed E-state index contributed by atoms with van der Waals surface area (Å²) in [4.78, 5) is 38.1. The average Bonchev–Trinajstić information content (AvgIpc) is 3.47. The molecule has 82 heavy (non-hydrogen) atoms. The third-order valence-electron chi connectivity index (χ3n) is 16.6.